The fourth-order valence-electron chi connectivity index (χ4n) is 3.38. The molecule has 1 fully saturated rings. The molecule has 1 aliphatic rings. The summed E-state index contributed by atoms with van der Waals surface area (Å²) in [5.41, 5.74) is 3.30. The SMILES string of the molecule is CCNC(=NCC1(O)CCSC1)NCCc1c[nH]c2c(CC)cccc12.I. The Labute approximate surface area is 183 Å². The molecular weight excluding hydrogens is 471 g/mol. The topological polar surface area (TPSA) is 72.4 Å². The number of aliphatic imine (C=N–C) groups is 1. The number of para-hydroxylation sites is 1. The van der Waals surface area contributed by atoms with Crippen molar-refractivity contribution in [3.63, 3.8) is 0 Å². The van der Waals surface area contributed by atoms with Gasteiger partial charge in [-0.05, 0) is 43.1 Å². The van der Waals surface area contributed by atoms with Crippen LogP contribution in [0.2, 0.25) is 0 Å². The zero-order valence-corrected chi connectivity index (χ0v) is 19.3. The highest BCUT2D eigenvalue weighted by atomic mass is 127. The van der Waals surface area contributed by atoms with Crippen LogP contribution in [0.25, 0.3) is 10.9 Å². The van der Waals surface area contributed by atoms with Crippen LogP contribution < -0.4 is 10.6 Å². The van der Waals surface area contributed by atoms with E-state index in [-0.39, 0.29) is 24.0 Å². The van der Waals surface area contributed by atoms with E-state index in [1.807, 2.05) is 0 Å². The maximum Gasteiger partial charge on any atom is 0.191 e. The predicted octanol–water partition coefficient (Wildman–Crippen LogP) is 3.31. The summed E-state index contributed by atoms with van der Waals surface area (Å²) in [6.45, 7) is 6.33. The Morgan fingerprint density at radius 2 is 2.15 bits per heavy atom. The van der Waals surface area contributed by atoms with E-state index in [2.05, 4.69) is 58.9 Å². The van der Waals surface area contributed by atoms with Gasteiger partial charge in [0.15, 0.2) is 5.96 Å². The Balaban J connectivity index is 0.00000261. The van der Waals surface area contributed by atoms with Crippen molar-refractivity contribution in [2.75, 3.05) is 31.1 Å². The average Bonchev–Trinajstić information content (AvgIpc) is 3.26. The molecule has 0 bridgehead atoms. The van der Waals surface area contributed by atoms with Crippen molar-refractivity contribution in [1.82, 2.24) is 15.6 Å². The maximum absolute atomic E-state index is 10.5. The third-order valence-corrected chi connectivity index (χ3v) is 6.15. The molecule has 1 aromatic heterocycles. The number of aryl methyl sites for hydroxylation is 1. The number of aromatic amines is 1. The molecule has 1 saturated heterocycles. The molecule has 2 heterocycles. The normalized spacial score (nSPS) is 19.9. The van der Waals surface area contributed by atoms with Crippen molar-refractivity contribution in [3.05, 3.63) is 35.5 Å². The van der Waals surface area contributed by atoms with Gasteiger partial charge in [-0.25, -0.2) is 0 Å². The number of fused-ring (bicyclic) bond motifs is 1. The molecule has 1 aliphatic heterocycles. The Morgan fingerprint density at radius 3 is 2.85 bits per heavy atom. The summed E-state index contributed by atoms with van der Waals surface area (Å²) in [5, 5.41) is 18.4. The smallest absolute Gasteiger partial charge is 0.191 e. The molecule has 5 nitrogen and oxygen atoms in total. The Bertz CT molecular complexity index is 756. The minimum absolute atomic E-state index is 0. The highest BCUT2D eigenvalue weighted by Crippen LogP contribution is 2.27. The van der Waals surface area contributed by atoms with E-state index < -0.39 is 5.60 Å². The molecule has 0 saturated carbocycles. The van der Waals surface area contributed by atoms with Gasteiger partial charge in [0.2, 0.25) is 0 Å². The van der Waals surface area contributed by atoms with E-state index >= 15 is 0 Å². The van der Waals surface area contributed by atoms with Gasteiger partial charge in [-0.15, -0.1) is 24.0 Å². The van der Waals surface area contributed by atoms with Crippen LogP contribution in [0.15, 0.2) is 29.4 Å². The summed E-state index contributed by atoms with van der Waals surface area (Å²) in [4.78, 5) is 8.03. The zero-order chi connectivity index (χ0) is 18.4. The van der Waals surface area contributed by atoms with Crippen molar-refractivity contribution in [2.24, 2.45) is 4.99 Å². The number of H-pyrrole nitrogens is 1. The number of benzene rings is 1. The van der Waals surface area contributed by atoms with Crippen molar-refractivity contribution < 1.29 is 5.11 Å². The molecular formula is C20H31IN4OS. The maximum atomic E-state index is 10.5. The minimum atomic E-state index is -0.638. The Morgan fingerprint density at radius 1 is 1.30 bits per heavy atom. The second-order valence-corrected chi connectivity index (χ2v) is 8.01. The molecule has 1 unspecified atom stereocenters. The van der Waals surface area contributed by atoms with Gasteiger partial charge in [0.25, 0.3) is 0 Å². The van der Waals surface area contributed by atoms with Crippen LogP contribution in [0.4, 0.5) is 0 Å². The van der Waals surface area contributed by atoms with Crippen LogP contribution in [0.1, 0.15) is 31.4 Å². The minimum Gasteiger partial charge on any atom is -0.387 e. The lowest BCUT2D eigenvalue weighted by Gasteiger charge is -2.19. The van der Waals surface area contributed by atoms with Gasteiger partial charge in [0.1, 0.15) is 0 Å². The van der Waals surface area contributed by atoms with E-state index in [1.165, 1.54) is 22.0 Å². The van der Waals surface area contributed by atoms with Crippen molar-refractivity contribution >= 4 is 52.6 Å². The molecule has 27 heavy (non-hydrogen) atoms. The highest BCUT2D eigenvalue weighted by Gasteiger charge is 2.31. The lowest BCUT2D eigenvalue weighted by molar-refractivity contribution is 0.0778. The number of aromatic nitrogens is 1. The Kier molecular flexibility index (Phi) is 8.75. The van der Waals surface area contributed by atoms with Gasteiger partial charge >= 0.3 is 0 Å². The first-order valence-corrected chi connectivity index (χ1v) is 10.7. The number of guanidine groups is 1. The zero-order valence-electron chi connectivity index (χ0n) is 16.2. The van der Waals surface area contributed by atoms with Crippen LogP contribution in [0.5, 0.6) is 0 Å². The number of nitrogens with zero attached hydrogens (tertiary/aromatic N) is 1. The monoisotopic (exact) mass is 502 g/mol. The fraction of sp³-hybridized carbons (Fsp3) is 0.550. The van der Waals surface area contributed by atoms with Crippen LogP contribution in [0, 0.1) is 0 Å². The van der Waals surface area contributed by atoms with Gasteiger partial charge in [-0.1, -0.05) is 25.1 Å². The first-order valence-electron chi connectivity index (χ1n) is 9.55. The average molecular weight is 502 g/mol. The van der Waals surface area contributed by atoms with E-state index in [9.17, 15) is 5.11 Å². The summed E-state index contributed by atoms with van der Waals surface area (Å²) < 4.78 is 0. The molecule has 3 rings (SSSR count). The Hall–Kier alpha value is -0.930. The summed E-state index contributed by atoms with van der Waals surface area (Å²) in [6, 6.07) is 6.51. The number of rotatable bonds is 7. The largest absolute Gasteiger partial charge is 0.387 e. The van der Waals surface area contributed by atoms with Crippen molar-refractivity contribution in [1.29, 1.82) is 0 Å². The number of halogens is 1. The summed E-state index contributed by atoms with van der Waals surface area (Å²) in [6.07, 6.45) is 4.91. The highest BCUT2D eigenvalue weighted by molar-refractivity contribution is 14.0. The van der Waals surface area contributed by atoms with Crippen LogP contribution in [0.3, 0.4) is 0 Å². The quantitative estimate of drug-likeness (QED) is 0.267. The third kappa shape index (κ3) is 5.77. The van der Waals surface area contributed by atoms with E-state index in [0.717, 1.165) is 49.8 Å². The molecule has 0 spiro atoms. The van der Waals surface area contributed by atoms with Gasteiger partial charge < -0.3 is 20.7 Å². The van der Waals surface area contributed by atoms with E-state index in [4.69, 9.17) is 0 Å². The second kappa shape index (κ2) is 10.6. The summed E-state index contributed by atoms with van der Waals surface area (Å²) in [7, 11) is 0. The molecule has 0 radical (unpaired) electrons. The van der Waals surface area contributed by atoms with Crippen LogP contribution in [-0.2, 0) is 12.8 Å². The number of hydrogen-bond donors (Lipinski definition) is 4. The number of nitrogens with one attached hydrogen (secondary N) is 3. The standard InChI is InChI=1S/C20H30N4OS.HI/c1-3-15-6-5-7-17-16(12-23-18(15)17)8-10-22-19(21-4-2)24-13-20(25)9-11-26-14-20;/h5-7,12,23,25H,3-4,8-11,13-14H2,1-2H3,(H2,21,22,24);1H. The number of aliphatic hydroxyl groups is 1. The number of hydrogen-bond acceptors (Lipinski definition) is 3. The summed E-state index contributed by atoms with van der Waals surface area (Å²) >= 11 is 1.80. The predicted molar refractivity (Wildman–Crippen MR) is 128 cm³/mol. The van der Waals surface area contributed by atoms with Crippen molar-refractivity contribution in [2.45, 2.75) is 38.7 Å². The van der Waals surface area contributed by atoms with Crippen LogP contribution >= 0.6 is 35.7 Å². The third-order valence-electron chi connectivity index (χ3n) is 4.91. The molecule has 2 aromatic rings. The molecule has 0 amide bonds. The van der Waals surface area contributed by atoms with Gasteiger partial charge in [-0.3, -0.25) is 4.99 Å². The molecule has 150 valence electrons. The molecule has 7 heteroatoms. The molecule has 1 aromatic carbocycles. The fourth-order valence-corrected chi connectivity index (χ4v) is 4.67. The second-order valence-electron chi connectivity index (χ2n) is 6.91. The van der Waals surface area contributed by atoms with Crippen molar-refractivity contribution in [3.8, 4) is 0 Å². The molecule has 0 aliphatic carbocycles. The van der Waals surface area contributed by atoms with Crippen LogP contribution in [-0.4, -0.2) is 52.8 Å². The lowest BCUT2D eigenvalue weighted by Crippen LogP contribution is -2.40. The van der Waals surface area contributed by atoms with Gasteiger partial charge in [0.05, 0.1) is 12.1 Å². The molecule has 1 atom stereocenters. The summed E-state index contributed by atoms with van der Waals surface area (Å²) in [5.74, 6) is 2.59. The number of thioether (sulfide) groups is 1. The van der Waals surface area contributed by atoms with E-state index in [1.54, 1.807) is 11.8 Å². The van der Waals surface area contributed by atoms with Gasteiger partial charge in [-0.2, -0.15) is 11.8 Å². The first kappa shape index (κ1) is 22.4. The van der Waals surface area contributed by atoms with Gasteiger partial charge in [0, 0.05) is 35.9 Å². The first-order chi connectivity index (χ1) is 12.6. The lowest BCUT2D eigenvalue weighted by atomic mass is 10.0. The molecule has 4 N–H and O–H groups in total. The van der Waals surface area contributed by atoms with E-state index in [0.29, 0.717) is 6.54 Å².